The molecule has 0 radical (unpaired) electrons. The van der Waals surface area contributed by atoms with Crippen LogP contribution in [0.15, 0.2) is 24.3 Å². The summed E-state index contributed by atoms with van der Waals surface area (Å²) in [6.45, 7) is 2.45. The van der Waals surface area contributed by atoms with Crippen molar-refractivity contribution in [1.82, 2.24) is 10.2 Å². The SMILES string of the molecule is CCC(c1ccc(O)cc1)N(C)CC(=O)NC. The van der Waals surface area contributed by atoms with Gasteiger partial charge in [0.1, 0.15) is 5.75 Å². The molecule has 1 aromatic carbocycles. The summed E-state index contributed by atoms with van der Waals surface area (Å²) < 4.78 is 0. The zero-order chi connectivity index (χ0) is 12.8. The molecule has 17 heavy (non-hydrogen) atoms. The third-order valence-corrected chi connectivity index (χ3v) is 2.87. The predicted octanol–water partition coefficient (Wildman–Crippen LogP) is 1.52. The van der Waals surface area contributed by atoms with E-state index in [9.17, 15) is 9.90 Å². The molecule has 4 heteroatoms. The first-order valence-corrected chi connectivity index (χ1v) is 5.78. The van der Waals surface area contributed by atoms with Gasteiger partial charge in [0.05, 0.1) is 6.54 Å². The maximum atomic E-state index is 11.3. The zero-order valence-corrected chi connectivity index (χ0v) is 10.6. The van der Waals surface area contributed by atoms with Crippen molar-refractivity contribution in [3.8, 4) is 5.75 Å². The Hall–Kier alpha value is -1.55. The number of nitrogens with one attached hydrogen (secondary N) is 1. The Balaban J connectivity index is 2.76. The minimum atomic E-state index is 0.00438. The van der Waals surface area contributed by atoms with Crippen molar-refractivity contribution in [2.75, 3.05) is 20.6 Å². The molecule has 0 bridgehead atoms. The predicted molar refractivity (Wildman–Crippen MR) is 67.8 cm³/mol. The fourth-order valence-electron chi connectivity index (χ4n) is 1.91. The number of aromatic hydroxyl groups is 1. The molecule has 0 aliphatic carbocycles. The third-order valence-electron chi connectivity index (χ3n) is 2.87. The highest BCUT2D eigenvalue weighted by atomic mass is 16.3. The molecule has 0 aliphatic rings. The Labute approximate surface area is 102 Å². The quantitative estimate of drug-likeness (QED) is 0.815. The summed E-state index contributed by atoms with van der Waals surface area (Å²) in [6, 6.07) is 7.32. The van der Waals surface area contributed by atoms with Crippen LogP contribution in [0.3, 0.4) is 0 Å². The summed E-state index contributed by atoms with van der Waals surface area (Å²) in [5, 5.41) is 11.9. The van der Waals surface area contributed by atoms with E-state index < -0.39 is 0 Å². The largest absolute Gasteiger partial charge is 0.508 e. The van der Waals surface area contributed by atoms with E-state index in [1.807, 2.05) is 24.1 Å². The molecule has 0 spiro atoms. The van der Waals surface area contributed by atoms with Gasteiger partial charge in [0.2, 0.25) is 5.91 Å². The fourth-order valence-corrected chi connectivity index (χ4v) is 1.91. The summed E-state index contributed by atoms with van der Waals surface area (Å²) in [6.07, 6.45) is 0.915. The minimum Gasteiger partial charge on any atom is -0.508 e. The molecule has 1 aromatic rings. The van der Waals surface area contributed by atoms with Crippen LogP contribution in [0, 0.1) is 0 Å². The third kappa shape index (κ3) is 3.75. The molecule has 0 fully saturated rings. The van der Waals surface area contributed by atoms with Gasteiger partial charge in [-0.25, -0.2) is 0 Å². The van der Waals surface area contributed by atoms with Gasteiger partial charge < -0.3 is 10.4 Å². The Morgan fingerprint density at radius 3 is 2.47 bits per heavy atom. The van der Waals surface area contributed by atoms with Gasteiger partial charge in [0, 0.05) is 13.1 Å². The molecular formula is C13H20N2O2. The average molecular weight is 236 g/mol. The van der Waals surface area contributed by atoms with Gasteiger partial charge in [-0.05, 0) is 31.2 Å². The van der Waals surface area contributed by atoms with Crippen molar-refractivity contribution in [3.05, 3.63) is 29.8 Å². The summed E-state index contributed by atoms with van der Waals surface area (Å²) in [5.74, 6) is 0.266. The number of phenolic OH excluding ortho intramolecular Hbond substituents is 1. The molecule has 0 aromatic heterocycles. The number of carbonyl (C=O) groups excluding carboxylic acids is 1. The fraction of sp³-hybridized carbons (Fsp3) is 0.462. The van der Waals surface area contributed by atoms with E-state index >= 15 is 0 Å². The van der Waals surface area contributed by atoms with Crippen LogP contribution in [-0.2, 0) is 4.79 Å². The van der Waals surface area contributed by atoms with Crippen molar-refractivity contribution < 1.29 is 9.90 Å². The van der Waals surface area contributed by atoms with E-state index in [0.29, 0.717) is 6.54 Å². The molecule has 1 rings (SSSR count). The number of phenols is 1. The van der Waals surface area contributed by atoms with E-state index in [1.54, 1.807) is 19.2 Å². The average Bonchev–Trinajstić information content (AvgIpc) is 2.32. The summed E-state index contributed by atoms with van der Waals surface area (Å²) in [4.78, 5) is 13.3. The van der Waals surface area contributed by atoms with Crippen molar-refractivity contribution >= 4 is 5.91 Å². The highest BCUT2D eigenvalue weighted by molar-refractivity contribution is 5.77. The van der Waals surface area contributed by atoms with Gasteiger partial charge in [-0.2, -0.15) is 0 Å². The molecule has 1 atom stereocenters. The van der Waals surface area contributed by atoms with Gasteiger partial charge >= 0.3 is 0 Å². The van der Waals surface area contributed by atoms with Crippen molar-refractivity contribution in [2.45, 2.75) is 19.4 Å². The van der Waals surface area contributed by atoms with E-state index in [0.717, 1.165) is 12.0 Å². The molecule has 0 saturated heterocycles. The van der Waals surface area contributed by atoms with Gasteiger partial charge in [0.15, 0.2) is 0 Å². The standard InChI is InChI=1S/C13H20N2O2/c1-4-12(15(3)9-13(17)14-2)10-5-7-11(16)8-6-10/h5-8,12,16H,4,9H2,1-3H3,(H,14,17). The Kier molecular flexibility index (Phi) is 4.97. The van der Waals surface area contributed by atoms with Crippen LogP contribution in [0.4, 0.5) is 0 Å². The number of hydrogen-bond donors (Lipinski definition) is 2. The molecule has 0 aliphatic heterocycles. The lowest BCUT2D eigenvalue weighted by molar-refractivity contribution is -0.122. The maximum Gasteiger partial charge on any atom is 0.233 e. The summed E-state index contributed by atoms with van der Waals surface area (Å²) in [5.41, 5.74) is 1.11. The second-order valence-corrected chi connectivity index (χ2v) is 4.10. The second-order valence-electron chi connectivity index (χ2n) is 4.10. The van der Waals surface area contributed by atoms with Crippen molar-refractivity contribution in [1.29, 1.82) is 0 Å². The Morgan fingerprint density at radius 2 is 2.00 bits per heavy atom. The van der Waals surface area contributed by atoms with Gasteiger partial charge in [-0.3, -0.25) is 9.69 Å². The topological polar surface area (TPSA) is 52.6 Å². The van der Waals surface area contributed by atoms with E-state index in [4.69, 9.17) is 0 Å². The Bertz CT molecular complexity index is 362. The molecule has 1 unspecified atom stereocenters. The van der Waals surface area contributed by atoms with E-state index in [2.05, 4.69) is 12.2 Å². The lowest BCUT2D eigenvalue weighted by Gasteiger charge is -2.26. The van der Waals surface area contributed by atoms with Crippen LogP contribution in [0.2, 0.25) is 0 Å². The molecule has 1 amide bonds. The van der Waals surface area contributed by atoms with Crippen LogP contribution in [-0.4, -0.2) is 36.6 Å². The smallest absolute Gasteiger partial charge is 0.233 e. The lowest BCUT2D eigenvalue weighted by Crippen LogP contribution is -2.35. The van der Waals surface area contributed by atoms with Gasteiger partial charge in [0.25, 0.3) is 0 Å². The van der Waals surface area contributed by atoms with Crippen molar-refractivity contribution in [2.24, 2.45) is 0 Å². The number of nitrogens with zero attached hydrogens (tertiary/aromatic N) is 1. The maximum absolute atomic E-state index is 11.3. The summed E-state index contributed by atoms with van der Waals surface area (Å²) in [7, 11) is 3.56. The lowest BCUT2D eigenvalue weighted by atomic mass is 10.0. The highest BCUT2D eigenvalue weighted by Gasteiger charge is 2.16. The van der Waals surface area contributed by atoms with Crippen molar-refractivity contribution in [3.63, 3.8) is 0 Å². The van der Waals surface area contributed by atoms with Gasteiger partial charge in [-0.1, -0.05) is 19.1 Å². The molecule has 4 nitrogen and oxygen atoms in total. The number of amides is 1. The molecule has 0 saturated carbocycles. The van der Waals surface area contributed by atoms with Gasteiger partial charge in [-0.15, -0.1) is 0 Å². The molecule has 2 N–H and O–H groups in total. The first-order chi connectivity index (χ1) is 8.08. The van der Waals surface area contributed by atoms with Crippen LogP contribution in [0.1, 0.15) is 24.9 Å². The molecular weight excluding hydrogens is 216 g/mol. The normalized spacial score (nSPS) is 12.5. The van der Waals surface area contributed by atoms with Crippen LogP contribution in [0.25, 0.3) is 0 Å². The minimum absolute atomic E-state index is 0.00438. The van der Waals surface area contributed by atoms with E-state index in [1.165, 1.54) is 0 Å². The van der Waals surface area contributed by atoms with Crippen LogP contribution < -0.4 is 5.32 Å². The number of hydrogen-bond acceptors (Lipinski definition) is 3. The summed E-state index contributed by atoms with van der Waals surface area (Å²) >= 11 is 0. The van der Waals surface area contributed by atoms with Crippen LogP contribution in [0.5, 0.6) is 5.75 Å². The van der Waals surface area contributed by atoms with Crippen LogP contribution >= 0.6 is 0 Å². The number of likely N-dealkylation sites (N-methyl/N-ethyl adjacent to an activating group) is 2. The second kappa shape index (κ2) is 6.25. The molecule has 0 heterocycles. The zero-order valence-electron chi connectivity index (χ0n) is 10.6. The first kappa shape index (κ1) is 13.5. The molecule has 94 valence electrons. The number of benzene rings is 1. The first-order valence-electron chi connectivity index (χ1n) is 5.78. The number of rotatable bonds is 5. The van der Waals surface area contributed by atoms with E-state index in [-0.39, 0.29) is 17.7 Å². The Morgan fingerprint density at radius 1 is 1.41 bits per heavy atom. The monoisotopic (exact) mass is 236 g/mol. The highest BCUT2D eigenvalue weighted by Crippen LogP contribution is 2.24. The number of carbonyl (C=O) groups is 1.